The maximum Gasteiger partial charge on any atom is 0.271 e. The number of nitro groups is 1. The van der Waals surface area contributed by atoms with E-state index < -0.39 is 4.92 Å². The highest BCUT2D eigenvalue weighted by atomic mass is 35.5. The van der Waals surface area contributed by atoms with Gasteiger partial charge in [-0.15, -0.1) is 0 Å². The topological polar surface area (TPSA) is 103 Å². The average Bonchev–Trinajstić information content (AvgIpc) is 2.78. The number of halogens is 1. The lowest BCUT2D eigenvalue weighted by molar-refractivity contribution is -0.384. The lowest BCUT2D eigenvalue weighted by Crippen LogP contribution is -2.17. The number of nitro benzene ring substituents is 1. The largest absolute Gasteiger partial charge is 0.493 e. The molecule has 0 aliphatic heterocycles. The van der Waals surface area contributed by atoms with Gasteiger partial charge in [0.25, 0.3) is 11.6 Å². The number of nitrogens with zero attached hydrogens (tertiary/aromatic N) is 2. The number of non-ortho nitro benzene ring substituents is 1. The van der Waals surface area contributed by atoms with Gasteiger partial charge in [0.1, 0.15) is 6.61 Å². The van der Waals surface area contributed by atoms with Crippen LogP contribution in [0.3, 0.4) is 0 Å². The minimum atomic E-state index is -0.453. The number of hydrogen-bond donors (Lipinski definition) is 1. The molecule has 3 aromatic carbocycles. The Labute approximate surface area is 183 Å². The van der Waals surface area contributed by atoms with Gasteiger partial charge in [-0.25, -0.2) is 5.43 Å². The van der Waals surface area contributed by atoms with Crippen LogP contribution in [-0.4, -0.2) is 24.2 Å². The number of benzene rings is 3. The van der Waals surface area contributed by atoms with Gasteiger partial charge in [-0.1, -0.05) is 11.6 Å². The zero-order valence-electron chi connectivity index (χ0n) is 16.4. The summed E-state index contributed by atoms with van der Waals surface area (Å²) in [4.78, 5) is 22.3. The van der Waals surface area contributed by atoms with E-state index in [1.807, 2.05) is 0 Å². The van der Waals surface area contributed by atoms with Crippen LogP contribution >= 0.6 is 11.6 Å². The number of hydrazone groups is 1. The van der Waals surface area contributed by atoms with Gasteiger partial charge in [0.05, 0.1) is 18.2 Å². The second-order valence-corrected chi connectivity index (χ2v) is 6.76. The number of rotatable bonds is 8. The Hall–Kier alpha value is -3.91. The zero-order valence-corrected chi connectivity index (χ0v) is 17.2. The van der Waals surface area contributed by atoms with Crippen LogP contribution in [0.15, 0.2) is 71.8 Å². The molecule has 158 valence electrons. The van der Waals surface area contributed by atoms with Crippen molar-refractivity contribution in [3.05, 3.63) is 98.6 Å². The van der Waals surface area contributed by atoms with E-state index in [2.05, 4.69) is 10.5 Å². The second kappa shape index (κ2) is 10.2. The summed E-state index contributed by atoms with van der Waals surface area (Å²) in [5, 5.41) is 15.2. The fourth-order valence-electron chi connectivity index (χ4n) is 2.59. The van der Waals surface area contributed by atoms with Crippen LogP contribution in [0, 0.1) is 10.1 Å². The molecular weight excluding hydrogens is 422 g/mol. The normalized spacial score (nSPS) is 10.6. The van der Waals surface area contributed by atoms with Crippen LogP contribution in [0.2, 0.25) is 5.02 Å². The summed E-state index contributed by atoms with van der Waals surface area (Å²) in [6, 6.07) is 17.8. The molecule has 1 amide bonds. The number of carbonyl (C=O) groups is 1. The molecule has 31 heavy (non-hydrogen) atoms. The standard InChI is InChI=1S/C22H18ClN3O5/c1-30-21-12-16(13-24-25-22(27)17-5-7-18(23)8-6-17)4-11-20(21)31-14-15-2-9-19(10-3-15)26(28)29/h2-13H,14H2,1H3,(H,25,27)/b24-13-. The minimum absolute atomic E-state index is 0.0214. The molecule has 3 aromatic rings. The van der Waals surface area contributed by atoms with Gasteiger partial charge in [0.15, 0.2) is 11.5 Å². The maximum absolute atomic E-state index is 12.1. The van der Waals surface area contributed by atoms with Crippen LogP contribution in [0.1, 0.15) is 21.5 Å². The van der Waals surface area contributed by atoms with Crippen LogP contribution in [0.4, 0.5) is 5.69 Å². The molecule has 0 spiro atoms. The quantitative estimate of drug-likeness (QED) is 0.314. The summed E-state index contributed by atoms with van der Waals surface area (Å²) in [6.45, 7) is 0.221. The molecule has 0 atom stereocenters. The predicted molar refractivity (Wildman–Crippen MR) is 117 cm³/mol. The van der Waals surface area contributed by atoms with E-state index >= 15 is 0 Å². The summed E-state index contributed by atoms with van der Waals surface area (Å²) in [5.74, 6) is 0.626. The highest BCUT2D eigenvalue weighted by Gasteiger charge is 2.08. The van der Waals surface area contributed by atoms with Crippen molar-refractivity contribution in [3.63, 3.8) is 0 Å². The van der Waals surface area contributed by atoms with Crippen LogP contribution in [0.5, 0.6) is 11.5 Å². The number of hydrogen-bond acceptors (Lipinski definition) is 6. The van der Waals surface area contributed by atoms with Gasteiger partial charge in [-0.3, -0.25) is 14.9 Å². The molecule has 0 bridgehead atoms. The second-order valence-electron chi connectivity index (χ2n) is 6.33. The summed E-state index contributed by atoms with van der Waals surface area (Å²) >= 11 is 5.81. The Bertz CT molecular complexity index is 1100. The van der Waals surface area contributed by atoms with E-state index in [0.717, 1.165) is 5.56 Å². The first-order chi connectivity index (χ1) is 15.0. The van der Waals surface area contributed by atoms with E-state index in [1.54, 1.807) is 54.6 Å². The van der Waals surface area contributed by atoms with Crippen LogP contribution < -0.4 is 14.9 Å². The fraction of sp³-hybridized carbons (Fsp3) is 0.0909. The molecule has 0 saturated carbocycles. The van der Waals surface area contributed by atoms with E-state index in [0.29, 0.717) is 27.6 Å². The number of methoxy groups -OCH3 is 1. The third-order valence-corrected chi connectivity index (χ3v) is 4.47. The highest BCUT2D eigenvalue weighted by Crippen LogP contribution is 2.28. The summed E-state index contributed by atoms with van der Waals surface area (Å²) in [6.07, 6.45) is 1.48. The Balaban J connectivity index is 1.61. The Kier molecular flexibility index (Phi) is 7.18. The molecule has 0 saturated heterocycles. The van der Waals surface area contributed by atoms with Crippen molar-refractivity contribution in [1.29, 1.82) is 0 Å². The minimum Gasteiger partial charge on any atom is -0.493 e. The molecule has 8 nitrogen and oxygen atoms in total. The summed E-state index contributed by atoms with van der Waals surface area (Å²) in [5.41, 5.74) is 4.38. The van der Waals surface area contributed by atoms with Gasteiger partial charge < -0.3 is 9.47 Å². The molecule has 0 heterocycles. The summed E-state index contributed by atoms with van der Waals surface area (Å²) < 4.78 is 11.1. The van der Waals surface area contributed by atoms with Gasteiger partial charge in [-0.05, 0) is 65.7 Å². The van der Waals surface area contributed by atoms with Crippen molar-refractivity contribution in [1.82, 2.24) is 5.43 Å². The van der Waals surface area contributed by atoms with Crippen molar-refractivity contribution in [2.75, 3.05) is 7.11 Å². The summed E-state index contributed by atoms with van der Waals surface area (Å²) in [7, 11) is 1.51. The lowest BCUT2D eigenvalue weighted by atomic mass is 10.2. The van der Waals surface area contributed by atoms with Crippen molar-refractivity contribution in [3.8, 4) is 11.5 Å². The Morgan fingerprint density at radius 3 is 2.45 bits per heavy atom. The fourth-order valence-corrected chi connectivity index (χ4v) is 2.72. The van der Waals surface area contributed by atoms with E-state index in [4.69, 9.17) is 21.1 Å². The third kappa shape index (κ3) is 6.03. The van der Waals surface area contributed by atoms with Crippen molar-refractivity contribution in [2.24, 2.45) is 5.10 Å². The van der Waals surface area contributed by atoms with E-state index in [9.17, 15) is 14.9 Å². The highest BCUT2D eigenvalue weighted by molar-refractivity contribution is 6.30. The van der Waals surface area contributed by atoms with Gasteiger partial charge >= 0.3 is 0 Å². The molecule has 0 aromatic heterocycles. The SMILES string of the molecule is COc1cc(/C=N\NC(=O)c2ccc(Cl)cc2)ccc1OCc1ccc([N+](=O)[O-])cc1. The monoisotopic (exact) mass is 439 g/mol. The van der Waals surface area contributed by atoms with Gasteiger partial charge in [-0.2, -0.15) is 5.10 Å². The lowest BCUT2D eigenvalue weighted by Gasteiger charge is -2.11. The van der Waals surface area contributed by atoms with Crippen LogP contribution in [0.25, 0.3) is 0 Å². The molecular formula is C22H18ClN3O5. The first-order valence-corrected chi connectivity index (χ1v) is 9.47. The molecule has 0 aliphatic carbocycles. The first-order valence-electron chi connectivity index (χ1n) is 9.09. The molecule has 3 rings (SSSR count). The molecule has 0 fully saturated rings. The van der Waals surface area contributed by atoms with Gasteiger partial charge in [0.2, 0.25) is 0 Å². The average molecular weight is 440 g/mol. The maximum atomic E-state index is 12.1. The van der Waals surface area contributed by atoms with E-state index in [1.165, 1.54) is 25.5 Å². The molecule has 0 unspecified atom stereocenters. The Morgan fingerprint density at radius 2 is 1.81 bits per heavy atom. The molecule has 0 radical (unpaired) electrons. The number of carbonyl (C=O) groups excluding carboxylic acids is 1. The van der Waals surface area contributed by atoms with Gasteiger partial charge in [0, 0.05) is 22.7 Å². The molecule has 0 aliphatic rings. The van der Waals surface area contributed by atoms with Crippen molar-refractivity contribution >= 4 is 29.4 Å². The third-order valence-electron chi connectivity index (χ3n) is 4.22. The smallest absolute Gasteiger partial charge is 0.271 e. The number of amides is 1. The van der Waals surface area contributed by atoms with E-state index in [-0.39, 0.29) is 18.2 Å². The van der Waals surface area contributed by atoms with Crippen LogP contribution in [-0.2, 0) is 6.61 Å². The van der Waals surface area contributed by atoms with Crippen molar-refractivity contribution in [2.45, 2.75) is 6.61 Å². The zero-order chi connectivity index (χ0) is 22.2. The number of ether oxygens (including phenoxy) is 2. The molecule has 9 heteroatoms. The first kappa shape index (κ1) is 21.8. The Morgan fingerprint density at radius 1 is 1.10 bits per heavy atom. The van der Waals surface area contributed by atoms with Crippen molar-refractivity contribution < 1.29 is 19.2 Å². The number of nitrogens with one attached hydrogen (secondary N) is 1. The predicted octanol–water partition coefficient (Wildman–Crippen LogP) is 4.60. The molecule has 1 N–H and O–H groups in total.